The second-order valence-corrected chi connectivity index (χ2v) is 2.36. The normalized spacial score (nSPS) is 9.75. The van der Waals surface area contributed by atoms with Crippen molar-refractivity contribution in [3.05, 3.63) is 29.6 Å². The lowest BCUT2D eigenvalue weighted by Gasteiger charge is -2.04. The minimum atomic E-state index is -0.0253. The fourth-order valence-electron chi connectivity index (χ4n) is 0.953. The first-order chi connectivity index (χ1) is 5.75. The number of rotatable bonds is 3. The van der Waals surface area contributed by atoms with Gasteiger partial charge in [-0.3, -0.25) is 10.4 Å². The molecule has 12 heavy (non-hydrogen) atoms. The van der Waals surface area contributed by atoms with Crippen LogP contribution < -0.4 is 5.73 Å². The van der Waals surface area contributed by atoms with E-state index in [4.69, 9.17) is 15.9 Å². The van der Waals surface area contributed by atoms with Crippen molar-refractivity contribution < 1.29 is 4.74 Å². The highest BCUT2D eigenvalue weighted by molar-refractivity contribution is 5.94. The van der Waals surface area contributed by atoms with E-state index in [1.165, 1.54) is 0 Å². The average molecular weight is 165 g/mol. The van der Waals surface area contributed by atoms with Crippen molar-refractivity contribution in [2.24, 2.45) is 5.73 Å². The summed E-state index contributed by atoms with van der Waals surface area (Å²) in [7, 11) is 1.59. The summed E-state index contributed by atoms with van der Waals surface area (Å²) in [6.07, 6.45) is 1.61. The van der Waals surface area contributed by atoms with Crippen LogP contribution in [0.25, 0.3) is 0 Å². The molecule has 3 N–H and O–H groups in total. The molecule has 0 fully saturated rings. The summed E-state index contributed by atoms with van der Waals surface area (Å²) in [6, 6.07) is 3.63. The van der Waals surface area contributed by atoms with E-state index in [1.807, 2.05) is 6.07 Å². The van der Waals surface area contributed by atoms with Gasteiger partial charge in [-0.1, -0.05) is 6.07 Å². The molecule has 0 saturated carbocycles. The van der Waals surface area contributed by atoms with Gasteiger partial charge in [-0.15, -0.1) is 0 Å². The standard InChI is InChI=1S/C8H11N3O/c1-12-5-6-3-2-4-11-7(6)8(9)10/h2-4H,5H2,1H3,(H3,9,10). The second-order valence-electron chi connectivity index (χ2n) is 2.36. The molecule has 0 aliphatic rings. The summed E-state index contributed by atoms with van der Waals surface area (Å²) in [5, 5.41) is 7.21. The SMILES string of the molecule is COCc1cccnc1C(=N)N. The van der Waals surface area contributed by atoms with E-state index >= 15 is 0 Å². The number of nitrogen functional groups attached to an aromatic ring is 1. The summed E-state index contributed by atoms with van der Waals surface area (Å²) in [5.41, 5.74) is 6.65. The van der Waals surface area contributed by atoms with Crippen molar-refractivity contribution >= 4 is 5.84 Å². The number of amidine groups is 1. The molecule has 0 aliphatic carbocycles. The van der Waals surface area contributed by atoms with E-state index in [9.17, 15) is 0 Å². The van der Waals surface area contributed by atoms with E-state index < -0.39 is 0 Å². The lowest BCUT2D eigenvalue weighted by atomic mass is 10.2. The van der Waals surface area contributed by atoms with Gasteiger partial charge in [0.05, 0.1) is 6.61 Å². The Morgan fingerprint density at radius 1 is 1.75 bits per heavy atom. The Morgan fingerprint density at radius 3 is 3.08 bits per heavy atom. The predicted molar refractivity (Wildman–Crippen MR) is 46.0 cm³/mol. The summed E-state index contributed by atoms with van der Waals surface area (Å²) in [6.45, 7) is 0.433. The fourth-order valence-corrected chi connectivity index (χ4v) is 0.953. The number of ether oxygens (including phenoxy) is 1. The zero-order chi connectivity index (χ0) is 8.97. The molecule has 64 valence electrons. The van der Waals surface area contributed by atoms with Gasteiger partial charge < -0.3 is 10.5 Å². The highest BCUT2D eigenvalue weighted by Crippen LogP contribution is 2.04. The molecule has 1 heterocycles. The minimum absolute atomic E-state index is 0.0253. The fraction of sp³-hybridized carbons (Fsp3) is 0.250. The first-order valence-electron chi connectivity index (χ1n) is 3.53. The third kappa shape index (κ3) is 1.79. The number of methoxy groups -OCH3 is 1. The van der Waals surface area contributed by atoms with Gasteiger partial charge in [0.2, 0.25) is 0 Å². The minimum Gasteiger partial charge on any atom is -0.382 e. The van der Waals surface area contributed by atoms with Gasteiger partial charge in [0.25, 0.3) is 0 Å². The summed E-state index contributed by atoms with van der Waals surface area (Å²) in [4.78, 5) is 3.97. The van der Waals surface area contributed by atoms with Crippen molar-refractivity contribution in [2.75, 3.05) is 7.11 Å². The van der Waals surface area contributed by atoms with Crippen molar-refractivity contribution in [1.29, 1.82) is 5.41 Å². The Labute approximate surface area is 70.9 Å². The first-order valence-corrected chi connectivity index (χ1v) is 3.53. The largest absolute Gasteiger partial charge is 0.382 e. The molecule has 0 spiro atoms. The molecule has 4 nitrogen and oxygen atoms in total. The van der Waals surface area contributed by atoms with Crippen LogP contribution in [0, 0.1) is 5.41 Å². The van der Waals surface area contributed by atoms with Crippen molar-refractivity contribution in [3.63, 3.8) is 0 Å². The van der Waals surface area contributed by atoms with Crippen LogP contribution in [0.3, 0.4) is 0 Å². The Kier molecular flexibility index (Phi) is 2.76. The van der Waals surface area contributed by atoms with Crippen molar-refractivity contribution in [3.8, 4) is 0 Å². The third-order valence-electron chi connectivity index (χ3n) is 1.45. The van der Waals surface area contributed by atoms with Crippen molar-refractivity contribution in [2.45, 2.75) is 6.61 Å². The van der Waals surface area contributed by atoms with E-state index in [-0.39, 0.29) is 5.84 Å². The van der Waals surface area contributed by atoms with Crippen LogP contribution in [0.15, 0.2) is 18.3 Å². The number of aromatic nitrogens is 1. The maximum atomic E-state index is 7.21. The molecule has 0 saturated heterocycles. The molecule has 4 heteroatoms. The van der Waals surface area contributed by atoms with Crippen LogP contribution in [-0.2, 0) is 11.3 Å². The molecule has 0 radical (unpaired) electrons. The highest BCUT2D eigenvalue weighted by atomic mass is 16.5. The second kappa shape index (κ2) is 3.82. The van der Waals surface area contributed by atoms with E-state index in [1.54, 1.807) is 19.4 Å². The van der Waals surface area contributed by atoms with Crippen LogP contribution >= 0.6 is 0 Å². The van der Waals surface area contributed by atoms with Crippen LogP contribution in [-0.4, -0.2) is 17.9 Å². The number of hydrogen-bond donors (Lipinski definition) is 2. The molecule has 0 bridgehead atoms. The van der Waals surface area contributed by atoms with Gasteiger partial charge in [-0.25, -0.2) is 0 Å². The average Bonchev–Trinajstić information content (AvgIpc) is 2.05. The Hall–Kier alpha value is -1.42. The number of hydrogen-bond acceptors (Lipinski definition) is 3. The monoisotopic (exact) mass is 165 g/mol. The third-order valence-corrected chi connectivity index (χ3v) is 1.45. The van der Waals surface area contributed by atoms with Gasteiger partial charge in [0.1, 0.15) is 11.5 Å². The number of nitrogens with two attached hydrogens (primary N) is 1. The summed E-state index contributed by atoms with van der Waals surface area (Å²) >= 11 is 0. The smallest absolute Gasteiger partial charge is 0.142 e. The molecule has 1 rings (SSSR count). The Bertz CT molecular complexity index is 285. The molecular formula is C8H11N3O. The van der Waals surface area contributed by atoms with Gasteiger partial charge in [-0.05, 0) is 6.07 Å². The molecule has 1 aromatic rings. The van der Waals surface area contributed by atoms with Gasteiger partial charge >= 0.3 is 0 Å². The molecule has 0 unspecified atom stereocenters. The number of pyridine rings is 1. The highest BCUT2D eigenvalue weighted by Gasteiger charge is 2.04. The number of nitrogens with one attached hydrogen (secondary N) is 1. The van der Waals surface area contributed by atoms with Gasteiger partial charge in [0.15, 0.2) is 0 Å². The Morgan fingerprint density at radius 2 is 2.50 bits per heavy atom. The molecular weight excluding hydrogens is 154 g/mol. The van der Waals surface area contributed by atoms with Crippen LogP contribution in [0.1, 0.15) is 11.3 Å². The zero-order valence-corrected chi connectivity index (χ0v) is 6.87. The summed E-state index contributed by atoms with van der Waals surface area (Å²) < 4.78 is 4.93. The molecule has 0 atom stereocenters. The van der Waals surface area contributed by atoms with Crippen LogP contribution in [0.4, 0.5) is 0 Å². The quantitative estimate of drug-likeness (QED) is 0.506. The molecule has 1 aromatic heterocycles. The topological polar surface area (TPSA) is 72.0 Å². The van der Waals surface area contributed by atoms with Gasteiger partial charge in [-0.2, -0.15) is 0 Å². The summed E-state index contributed by atoms with van der Waals surface area (Å²) in [5.74, 6) is -0.0253. The maximum absolute atomic E-state index is 7.21. The lowest BCUT2D eigenvalue weighted by molar-refractivity contribution is 0.184. The molecule has 0 aromatic carbocycles. The number of nitrogens with zero attached hydrogens (tertiary/aromatic N) is 1. The van der Waals surface area contributed by atoms with Gasteiger partial charge in [0, 0.05) is 18.9 Å². The molecule has 0 aliphatic heterocycles. The van der Waals surface area contributed by atoms with E-state index in [0.717, 1.165) is 5.56 Å². The zero-order valence-electron chi connectivity index (χ0n) is 6.87. The van der Waals surface area contributed by atoms with Crippen LogP contribution in [0.5, 0.6) is 0 Å². The predicted octanol–water partition coefficient (Wildman–Crippen LogP) is 0.512. The van der Waals surface area contributed by atoms with Crippen molar-refractivity contribution in [1.82, 2.24) is 4.98 Å². The Balaban J connectivity index is 3.00. The van der Waals surface area contributed by atoms with E-state index in [2.05, 4.69) is 4.98 Å². The van der Waals surface area contributed by atoms with Crippen LogP contribution in [0.2, 0.25) is 0 Å². The lowest BCUT2D eigenvalue weighted by Crippen LogP contribution is -2.16. The maximum Gasteiger partial charge on any atom is 0.142 e. The molecule has 0 amide bonds. The van der Waals surface area contributed by atoms with E-state index in [0.29, 0.717) is 12.3 Å². The first kappa shape index (κ1) is 8.67.